The molecule has 1 aromatic carbocycles. The third-order valence-electron chi connectivity index (χ3n) is 4.22. The fourth-order valence-corrected chi connectivity index (χ4v) is 3.16. The highest BCUT2D eigenvalue weighted by Gasteiger charge is 2.52. The molecule has 0 amide bonds. The first-order chi connectivity index (χ1) is 10.2. The summed E-state index contributed by atoms with van der Waals surface area (Å²) in [5, 5.41) is 0. The predicted octanol–water partition coefficient (Wildman–Crippen LogP) is 3.12. The van der Waals surface area contributed by atoms with Crippen LogP contribution >= 0.6 is 0 Å². The number of hydrogen-bond acceptors (Lipinski definition) is 4. The normalized spacial score (nSPS) is 27.7. The Kier molecular flexibility index (Phi) is 3.95. The Labute approximate surface area is 123 Å². The molecule has 0 N–H and O–H groups in total. The molecule has 0 aromatic heterocycles. The average molecular weight is 294 g/mol. The third kappa shape index (κ3) is 2.68. The zero-order chi connectivity index (χ0) is 14.9. The summed E-state index contributed by atoms with van der Waals surface area (Å²) < 4.78 is 30.8. The summed E-state index contributed by atoms with van der Waals surface area (Å²) in [6.07, 6.45) is 2.88. The highest BCUT2D eigenvalue weighted by molar-refractivity contribution is 5.76. The van der Waals surface area contributed by atoms with Crippen LogP contribution in [-0.4, -0.2) is 25.0 Å². The number of ether oxygens (including phenoxy) is 3. The molecule has 1 aromatic rings. The molecule has 1 aliphatic heterocycles. The quantitative estimate of drug-likeness (QED) is 0.786. The van der Waals surface area contributed by atoms with Crippen molar-refractivity contribution in [2.45, 2.75) is 50.1 Å². The van der Waals surface area contributed by atoms with E-state index in [0.29, 0.717) is 5.56 Å². The molecule has 1 heterocycles. The van der Waals surface area contributed by atoms with E-state index in [2.05, 4.69) is 0 Å². The Morgan fingerprint density at radius 2 is 1.95 bits per heavy atom. The monoisotopic (exact) mass is 294 g/mol. The van der Waals surface area contributed by atoms with Crippen LogP contribution in [0.1, 0.15) is 43.8 Å². The van der Waals surface area contributed by atoms with Gasteiger partial charge in [-0.2, -0.15) is 0 Å². The van der Waals surface area contributed by atoms with Crippen LogP contribution < -0.4 is 0 Å². The van der Waals surface area contributed by atoms with Crippen molar-refractivity contribution in [2.75, 3.05) is 7.11 Å². The van der Waals surface area contributed by atoms with Gasteiger partial charge >= 0.3 is 5.97 Å². The van der Waals surface area contributed by atoms with Crippen LogP contribution in [0.2, 0.25) is 0 Å². The first-order valence-electron chi connectivity index (χ1n) is 7.33. The van der Waals surface area contributed by atoms with E-state index in [1.807, 2.05) is 0 Å². The van der Waals surface area contributed by atoms with Gasteiger partial charge in [0, 0.05) is 18.4 Å². The first kappa shape index (κ1) is 14.5. The number of halogens is 1. The molecule has 21 heavy (non-hydrogen) atoms. The maximum Gasteiger partial charge on any atom is 0.338 e. The van der Waals surface area contributed by atoms with Gasteiger partial charge in [0.2, 0.25) is 0 Å². The van der Waals surface area contributed by atoms with E-state index < -0.39 is 29.8 Å². The maximum absolute atomic E-state index is 14.1. The lowest BCUT2D eigenvalue weighted by molar-refractivity contribution is -0.199. The van der Waals surface area contributed by atoms with Crippen molar-refractivity contribution in [1.29, 1.82) is 0 Å². The lowest BCUT2D eigenvalue weighted by atomic mass is 9.94. The largest absolute Gasteiger partial charge is 0.467 e. The van der Waals surface area contributed by atoms with Gasteiger partial charge in [0.05, 0.1) is 7.11 Å². The van der Waals surface area contributed by atoms with Crippen LogP contribution in [0.25, 0.3) is 0 Å². The Bertz CT molecular complexity index is 525. The molecule has 5 heteroatoms. The molecule has 1 saturated heterocycles. The smallest absolute Gasteiger partial charge is 0.338 e. The SMILES string of the molecule is COC(=O)C1OC2(CCCCC2)OC1c1ccccc1F. The highest BCUT2D eigenvalue weighted by Crippen LogP contribution is 2.46. The molecule has 2 atom stereocenters. The van der Waals surface area contributed by atoms with E-state index in [4.69, 9.17) is 14.2 Å². The summed E-state index contributed by atoms with van der Waals surface area (Å²) >= 11 is 0. The third-order valence-corrected chi connectivity index (χ3v) is 4.22. The second-order valence-corrected chi connectivity index (χ2v) is 5.59. The molecule has 1 spiro atoms. The van der Waals surface area contributed by atoms with Crippen molar-refractivity contribution in [1.82, 2.24) is 0 Å². The minimum absolute atomic E-state index is 0.343. The Morgan fingerprint density at radius 3 is 2.62 bits per heavy atom. The minimum Gasteiger partial charge on any atom is -0.467 e. The Morgan fingerprint density at radius 1 is 1.24 bits per heavy atom. The van der Waals surface area contributed by atoms with Gasteiger partial charge < -0.3 is 14.2 Å². The van der Waals surface area contributed by atoms with Gasteiger partial charge in [-0.1, -0.05) is 24.6 Å². The molecule has 1 saturated carbocycles. The van der Waals surface area contributed by atoms with Gasteiger partial charge in [0.15, 0.2) is 11.9 Å². The van der Waals surface area contributed by atoms with E-state index in [1.165, 1.54) is 13.2 Å². The summed E-state index contributed by atoms with van der Waals surface area (Å²) in [7, 11) is 1.30. The molecule has 2 unspecified atom stereocenters. The van der Waals surface area contributed by atoms with E-state index in [-0.39, 0.29) is 0 Å². The molecule has 4 nitrogen and oxygen atoms in total. The second-order valence-electron chi connectivity index (χ2n) is 5.59. The van der Waals surface area contributed by atoms with Crippen molar-refractivity contribution < 1.29 is 23.4 Å². The van der Waals surface area contributed by atoms with Crippen molar-refractivity contribution in [3.8, 4) is 0 Å². The van der Waals surface area contributed by atoms with Crippen molar-refractivity contribution in [3.63, 3.8) is 0 Å². The zero-order valence-corrected chi connectivity index (χ0v) is 12.0. The van der Waals surface area contributed by atoms with Gasteiger partial charge in [-0.05, 0) is 18.9 Å². The van der Waals surface area contributed by atoms with Crippen LogP contribution in [0.5, 0.6) is 0 Å². The number of methoxy groups -OCH3 is 1. The maximum atomic E-state index is 14.1. The van der Waals surface area contributed by atoms with Crippen LogP contribution in [0.15, 0.2) is 24.3 Å². The fraction of sp³-hybridized carbons (Fsp3) is 0.562. The van der Waals surface area contributed by atoms with Crippen molar-refractivity contribution in [2.24, 2.45) is 0 Å². The van der Waals surface area contributed by atoms with Gasteiger partial charge in [-0.3, -0.25) is 0 Å². The van der Waals surface area contributed by atoms with Gasteiger partial charge in [0.1, 0.15) is 11.9 Å². The number of rotatable bonds is 2. The highest BCUT2D eigenvalue weighted by atomic mass is 19.1. The molecule has 1 aliphatic carbocycles. The zero-order valence-electron chi connectivity index (χ0n) is 12.0. The van der Waals surface area contributed by atoms with E-state index in [1.54, 1.807) is 18.2 Å². The Balaban J connectivity index is 1.92. The molecule has 0 bridgehead atoms. The topological polar surface area (TPSA) is 44.8 Å². The average Bonchev–Trinajstić information content (AvgIpc) is 2.86. The summed E-state index contributed by atoms with van der Waals surface area (Å²) in [6, 6.07) is 6.32. The molecule has 2 aliphatic rings. The number of carbonyl (C=O) groups is 1. The van der Waals surface area contributed by atoms with Crippen LogP contribution in [-0.2, 0) is 19.0 Å². The van der Waals surface area contributed by atoms with E-state index >= 15 is 0 Å². The number of hydrogen-bond donors (Lipinski definition) is 0. The van der Waals surface area contributed by atoms with Crippen molar-refractivity contribution in [3.05, 3.63) is 35.6 Å². The molecule has 0 radical (unpaired) electrons. The number of esters is 1. The van der Waals surface area contributed by atoms with Gasteiger partial charge in [-0.15, -0.1) is 0 Å². The lowest BCUT2D eigenvalue weighted by Gasteiger charge is -2.31. The molecule has 2 fully saturated rings. The standard InChI is InChI=1S/C16H19FO4/c1-19-15(18)14-13(11-7-3-4-8-12(11)17)20-16(21-14)9-5-2-6-10-16/h3-4,7-8,13-14H,2,5-6,9-10H2,1H3. The summed E-state index contributed by atoms with van der Waals surface area (Å²) in [6.45, 7) is 0. The minimum atomic E-state index is -0.912. The summed E-state index contributed by atoms with van der Waals surface area (Å²) in [5.41, 5.74) is 0.343. The number of benzene rings is 1. The molecular formula is C16H19FO4. The van der Waals surface area contributed by atoms with Gasteiger partial charge in [0.25, 0.3) is 0 Å². The van der Waals surface area contributed by atoms with Crippen LogP contribution in [0.3, 0.4) is 0 Å². The fourth-order valence-electron chi connectivity index (χ4n) is 3.16. The van der Waals surface area contributed by atoms with Crippen molar-refractivity contribution >= 4 is 5.97 Å². The first-order valence-corrected chi connectivity index (χ1v) is 7.33. The predicted molar refractivity (Wildman–Crippen MR) is 72.9 cm³/mol. The van der Waals surface area contributed by atoms with Crippen LogP contribution in [0, 0.1) is 5.82 Å². The molecule has 3 rings (SSSR count). The summed E-state index contributed by atoms with van der Waals surface area (Å²) in [4.78, 5) is 12.0. The number of carbonyl (C=O) groups excluding carboxylic acids is 1. The Hall–Kier alpha value is -1.46. The second kappa shape index (κ2) is 5.73. The van der Waals surface area contributed by atoms with Gasteiger partial charge in [-0.25, -0.2) is 9.18 Å². The molecule has 114 valence electrons. The van der Waals surface area contributed by atoms with E-state index in [0.717, 1.165) is 32.1 Å². The lowest BCUT2D eigenvalue weighted by Crippen LogP contribution is -2.35. The van der Waals surface area contributed by atoms with Crippen LogP contribution in [0.4, 0.5) is 4.39 Å². The summed E-state index contributed by atoms with van der Waals surface area (Å²) in [5.74, 6) is -1.69. The van der Waals surface area contributed by atoms with E-state index in [9.17, 15) is 9.18 Å². The molecular weight excluding hydrogens is 275 g/mol.